The molecule has 31 heavy (non-hydrogen) atoms. The van der Waals surface area contributed by atoms with Gasteiger partial charge in [-0.3, -0.25) is 14.9 Å². The molecule has 0 heterocycles. The summed E-state index contributed by atoms with van der Waals surface area (Å²) in [6.07, 6.45) is 5.94. The van der Waals surface area contributed by atoms with Gasteiger partial charge in [0.2, 0.25) is 5.91 Å². The van der Waals surface area contributed by atoms with Crippen LogP contribution in [0.5, 0.6) is 5.75 Å². The van der Waals surface area contributed by atoms with Gasteiger partial charge in [0.15, 0.2) is 5.11 Å². The number of ether oxygens (including phenoxy) is 1. The van der Waals surface area contributed by atoms with E-state index in [2.05, 4.69) is 17.6 Å². The average molecular weight is 442 g/mol. The van der Waals surface area contributed by atoms with Gasteiger partial charge in [0, 0.05) is 30.9 Å². The molecule has 0 aromatic heterocycles. The fraction of sp³-hybridized carbons (Fsp3) is 0.375. The van der Waals surface area contributed by atoms with Crippen molar-refractivity contribution >= 4 is 40.5 Å². The van der Waals surface area contributed by atoms with Crippen LogP contribution in [0.3, 0.4) is 0 Å². The number of unbranched alkanes of at least 4 members (excludes halogenated alkanes) is 4. The minimum atomic E-state index is -0.305. The van der Waals surface area contributed by atoms with Gasteiger partial charge in [0.05, 0.1) is 6.61 Å². The maximum absolute atomic E-state index is 12.4. The molecule has 0 saturated carbocycles. The summed E-state index contributed by atoms with van der Waals surface area (Å²) in [5, 5.41) is 5.82. The standard InChI is InChI=1S/C24H31N3O3S/c1-4-5-6-7-8-16-30-22-14-12-19(13-15-22)23(29)26-24(31)25-20-10-9-11-21(17-20)27(3)18(2)28/h9-15,17H,4-8,16H2,1-3H3,(H2,25,26,29,31). The number of hydrogen-bond donors (Lipinski definition) is 2. The third kappa shape index (κ3) is 8.38. The molecule has 2 aromatic carbocycles. The van der Waals surface area contributed by atoms with Crippen LogP contribution in [0.15, 0.2) is 48.5 Å². The van der Waals surface area contributed by atoms with Gasteiger partial charge in [-0.1, -0.05) is 38.7 Å². The quantitative estimate of drug-likeness (QED) is 0.394. The van der Waals surface area contributed by atoms with Gasteiger partial charge in [0.25, 0.3) is 5.91 Å². The van der Waals surface area contributed by atoms with Crippen LogP contribution in [0.25, 0.3) is 0 Å². The Kier molecular flexibility index (Phi) is 9.97. The van der Waals surface area contributed by atoms with Crippen molar-refractivity contribution in [2.24, 2.45) is 0 Å². The van der Waals surface area contributed by atoms with Gasteiger partial charge in [-0.15, -0.1) is 0 Å². The van der Waals surface area contributed by atoms with E-state index < -0.39 is 0 Å². The number of rotatable bonds is 10. The fourth-order valence-corrected chi connectivity index (χ4v) is 3.12. The number of carbonyl (C=O) groups is 2. The van der Waals surface area contributed by atoms with Gasteiger partial charge < -0.3 is 15.0 Å². The second-order valence-corrected chi connectivity index (χ2v) is 7.73. The Morgan fingerprint density at radius 2 is 1.74 bits per heavy atom. The second-order valence-electron chi connectivity index (χ2n) is 7.32. The van der Waals surface area contributed by atoms with E-state index in [1.807, 2.05) is 18.2 Å². The number of anilines is 2. The smallest absolute Gasteiger partial charge is 0.257 e. The van der Waals surface area contributed by atoms with Crippen molar-refractivity contribution < 1.29 is 14.3 Å². The molecule has 0 fully saturated rings. The number of carbonyl (C=O) groups excluding carboxylic acids is 2. The highest BCUT2D eigenvalue weighted by Crippen LogP contribution is 2.19. The monoisotopic (exact) mass is 441 g/mol. The predicted octanol–water partition coefficient (Wildman–Crippen LogP) is 5.15. The molecule has 2 amide bonds. The average Bonchev–Trinajstić information content (AvgIpc) is 2.76. The molecule has 0 atom stereocenters. The van der Waals surface area contributed by atoms with Crippen LogP contribution in [0, 0.1) is 0 Å². The first-order valence-corrected chi connectivity index (χ1v) is 11.0. The maximum atomic E-state index is 12.4. The highest BCUT2D eigenvalue weighted by atomic mass is 32.1. The largest absolute Gasteiger partial charge is 0.494 e. The van der Waals surface area contributed by atoms with Crippen LogP contribution in [0.2, 0.25) is 0 Å². The highest BCUT2D eigenvalue weighted by Gasteiger charge is 2.10. The third-order valence-electron chi connectivity index (χ3n) is 4.82. The van der Waals surface area contributed by atoms with Crippen molar-refractivity contribution in [2.45, 2.75) is 46.0 Å². The Bertz CT molecular complexity index is 884. The molecule has 0 bridgehead atoms. The summed E-state index contributed by atoms with van der Waals surface area (Å²) in [5.41, 5.74) is 1.90. The molecule has 0 aliphatic carbocycles. The molecular formula is C24H31N3O3S. The van der Waals surface area contributed by atoms with Gasteiger partial charge in [-0.2, -0.15) is 0 Å². The van der Waals surface area contributed by atoms with Crippen LogP contribution in [-0.2, 0) is 4.79 Å². The highest BCUT2D eigenvalue weighted by molar-refractivity contribution is 7.80. The summed E-state index contributed by atoms with van der Waals surface area (Å²) < 4.78 is 5.73. The Balaban J connectivity index is 1.83. The summed E-state index contributed by atoms with van der Waals surface area (Å²) in [5.74, 6) is 0.372. The van der Waals surface area contributed by atoms with Gasteiger partial charge in [0.1, 0.15) is 5.75 Å². The molecule has 0 aliphatic heterocycles. The van der Waals surface area contributed by atoms with Crippen LogP contribution < -0.4 is 20.3 Å². The van der Waals surface area contributed by atoms with Crippen molar-refractivity contribution in [2.75, 3.05) is 23.9 Å². The zero-order valence-corrected chi connectivity index (χ0v) is 19.3. The van der Waals surface area contributed by atoms with Crippen molar-refractivity contribution in [3.05, 3.63) is 54.1 Å². The van der Waals surface area contributed by atoms with E-state index in [4.69, 9.17) is 17.0 Å². The van der Waals surface area contributed by atoms with Crippen LogP contribution in [0.4, 0.5) is 11.4 Å². The molecular weight excluding hydrogens is 410 g/mol. The third-order valence-corrected chi connectivity index (χ3v) is 5.03. The van der Waals surface area contributed by atoms with E-state index in [0.717, 1.165) is 17.9 Å². The molecule has 7 heteroatoms. The summed E-state index contributed by atoms with van der Waals surface area (Å²) in [6, 6.07) is 14.2. The Morgan fingerprint density at radius 1 is 1.03 bits per heavy atom. The fourth-order valence-electron chi connectivity index (χ4n) is 2.91. The Hall–Kier alpha value is -2.93. The summed E-state index contributed by atoms with van der Waals surface area (Å²) >= 11 is 5.25. The number of nitrogens with one attached hydrogen (secondary N) is 2. The number of amides is 2. The number of thiocarbonyl (C=S) groups is 1. The van der Waals surface area contributed by atoms with E-state index in [1.54, 1.807) is 37.4 Å². The van der Waals surface area contributed by atoms with Gasteiger partial charge in [-0.05, 0) is 61.1 Å². The predicted molar refractivity (Wildman–Crippen MR) is 130 cm³/mol. The first-order chi connectivity index (χ1) is 14.9. The minimum Gasteiger partial charge on any atom is -0.494 e. The number of hydrogen-bond acceptors (Lipinski definition) is 4. The zero-order valence-electron chi connectivity index (χ0n) is 18.4. The number of nitrogens with zero attached hydrogens (tertiary/aromatic N) is 1. The lowest BCUT2D eigenvalue weighted by Crippen LogP contribution is -2.34. The zero-order chi connectivity index (χ0) is 22.6. The molecule has 2 aromatic rings. The molecule has 6 nitrogen and oxygen atoms in total. The summed E-state index contributed by atoms with van der Waals surface area (Å²) in [6.45, 7) is 4.37. The number of benzene rings is 2. The van der Waals surface area contributed by atoms with Crippen LogP contribution in [-0.4, -0.2) is 30.6 Å². The van der Waals surface area contributed by atoms with E-state index in [0.29, 0.717) is 17.9 Å². The molecule has 0 spiro atoms. The van der Waals surface area contributed by atoms with E-state index >= 15 is 0 Å². The van der Waals surface area contributed by atoms with E-state index in [1.165, 1.54) is 37.5 Å². The lowest BCUT2D eigenvalue weighted by molar-refractivity contribution is -0.116. The normalized spacial score (nSPS) is 10.3. The van der Waals surface area contributed by atoms with Crippen molar-refractivity contribution in [1.29, 1.82) is 0 Å². The second kappa shape index (κ2) is 12.7. The van der Waals surface area contributed by atoms with Crippen LogP contribution in [0.1, 0.15) is 56.3 Å². The maximum Gasteiger partial charge on any atom is 0.257 e. The first kappa shape index (κ1) is 24.3. The molecule has 0 aliphatic rings. The van der Waals surface area contributed by atoms with Crippen molar-refractivity contribution in [1.82, 2.24) is 5.32 Å². The lowest BCUT2D eigenvalue weighted by Gasteiger charge is -2.16. The molecule has 2 N–H and O–H groups in total. The van der Waals surface area contributed by atoms with Gasteiger partial charge >= 0.3 is 0 Å². The first-order valence-electron chi connectivity index (χ1n) is 10.6. The molecule has 0 saturated heterocycles. The topological polar surface area (TPSA) is 70.7 Å². The van der Waals surface area contributed by atoms with Gasteiger partial charge in [-0.25, -0.2) is 0 Å². The SMILES string of the molecule is CCCCCCCOc1ccc(C(=O)NC(=S)Nc2cccc(N(C)C(C)=O)c2)cc1. The van der Waals surface area contributed by atoms with E-state index in [9.17, 15) is 9.59 Å². The summed E-state index contributed by atoms with van der Waals surface area (Å²) in [7, 11) is 1.70. The van der Waals surface area contributed by atoms with Crippen molar-refractivity contribution in [3.63, 3.8) is 0 Å². The van der Waals surface area contributed by atoms with Crippen LogP contribution >= 0.6 is 12.2 Å². The Morgan fingerprint density at radius 3 is 2.42 bits per heavy atom. The molecule has 166 valence electrons. The Labute approximate surface area is 190 Å². The minimum absolute atomic E-state index is 0.0723. The molecule has 2 rings (SSSR count). The molecule has 0 unspecified atom stereocenters. The lowest BCUT2D eigenvalue weighted by atomic mass is 10.2. The van der Waals surface area contributed by atoms with Crippen molar-refractivity contribution in [3.8, 4) is 5.75 Å². The summed E-state index contributed by atoms with van der Waals surface area (Å²) in [4.78, 5) is 25.5. The van der Waals surface area contributed by atoms with E-state index in [-0.39, 0.29) is 16.9 Å². The molecule has 0 radical (unpaired) electrons.